The average molecular weight is 283 g/mol. The van der Waals surface area contributed by atoms with Gasteiger partial charge < -0.3 is 15.3 Å². The fraction of sp³-hybridized carbons (Fsp3) is 1.00. The molecule has 0 rings (SSSR count). The molecular weight excluding hydrogens is 257 g/mol. The minimum absolute atomic E-state index is 0.0471. The molecule has 0 aliphatic rings. The van der Waals surface area contributed by atoms with Crippen molar-refractivity contribution in [1.29, 1.82) is 0 Å². The summed E-state index contributed by atoms with van der Waals surface area (Å²) >= 11 is 0. The first-order valence-electron chi connectivity index (χ1n) is 6.20. The molecular formula is C11H26NO5P. The number of aliphatic hydroxyl groups excluding tert-OH is 1. The minimum atomic E-state index is -4.00. The molecule has 110 valence electrons. The van der Waals surface area contributed by atoms with Gasteiger partial charge in [0.15, 0.2) is 0 Å². The van der Waals surface area contributed by atoms with E-state index in [1.54, 1.807) is 13.8 Å². The van der Waals surface area contributed by atoms with Gasteiger partial charge in [-0.3, -0.25) is 9.05 Å². The monoisotopic (exact) mass is 283 g/mol. The van der Waals surface area contributed by atoms with Crippen LogP contribution in [0.4, 0.5) is 0 Å². The Hall–Kier alpha value is 0.0300. The number of phosphoric acid groups is 1. The highest BCUT2D eigenvalue weighted by molar-refractivity contribution is 7.47. The fourth-order valence-electron chi connectivity index (χ4n) is 1.45. The lowest BCUT2D eigenvalue weighted by atomic mass is 10.0. The Bertz CT molecular complexity index is 272. The second kappa shape index (κ2) is 8.25. The van der Waals surface area contributed by atoms with Crippen LogP contribution < -0.4 is 5.32 Å². The topological polar surface area (TPSA) is 88.0 Å². The Labute approximate surface area is 109 Å². The molecule has 6 nitrogen and oxygen atoms in total. The van der Waals surface area contributed by atoms with Crippen molar-refractivity contribution in [2.75, 3.05) is 13.2 Å². The Morgan fingerprint density at radius 2 is 1.78 bits per heavy atom. The Morgan fingerprint density at radius 3 is 2.17 bits per heavy atom. The molecule has 0 aliphatic heterocycles. The molecule has 0 saturated carbocycles. The van der Waals surface area contributed by atoms with Crippen molar-refractivity contribution in [3.05, 3.63) is 0 Å². The highest BCUT2D eigenvalue weighted by Gasteiger charge is 2.26. The molecule has 0 aromatic heterocycles. The van der Waals surface area contributed by atoms with Crippen molar-refractivity contribution in [2.45, 2.75) is 52.8 Å². The number of rotatable bonds is 9. The lowest BCUT2D eigenvalue weighted by Crippen LogP contribution is -2.43. The van der Waals surface area contributed by atoms with Gasteiger partial charge in [-0.1, -0.05) is 20.8 Å². The zero-order chi connectivity index (χ0) is 14.3. The molecule has 18 heavy (non-hydrogen) atoms. The van der Waals surface area contributed by atoms with Crippen molar-refractivity contribution < 1.29 is 23.6 Å². The summed E-state index contributed by atoms with van der Waals surface area (Å²) in [7, 11) is -4.00. The molecule has 0 aromatic rings. The molecule has 3 atom stereocenters. The van der Waals surface area contributed by atoms with E-state index in [0.717, 1.165) is 0 Å². The molecule has 3 N–H and O–H groups in total. The molecule has 0 spiro atoms. The summed E-state index contributed by atoms with van der Waals surface area (Å²) in [5, 5.41) is 12.4. The van der Waals surface area contributed by atoms with Crippen LogP contribution in [0.2, 0.25) is 0 Å². The van der Waals surface area contributed by atoms with Gasteiger partial charge in [0.25, 0.3) is 0 Å². The number of nitrogens with one attached hydrogen (secondary N) is 1. The van der Waals surface area contributed by atoms with E-state index in [1.807, 2.05) is 20.8 Å². The van der Waals surface area contributed by atoms with Crippen molar-refractivity contribution in [3.63, 3.8) is 0 Å². The van der Waals surface area contributed by atoms with Gasteiger partial charge >= 0.3 is 7.82 Å². The van der Waals surface area contributed by atoms with Gasteiger partial charge in [0.2, 0.25) is 0 Å². The standard InChI is InChI=1S/C11H26NO5P/c1-8(2)12-11(6-13)10(5)7-16-18(14,15)17-9(3)4/h8-13H,6-7H2,1-5H3,(H,14,15). The Morgan fingerprint density at radius 1 is 1.22 bits per heavy atom. The normalized spacial score (nSPS) is 18.9. The largest absolute Gasteiger partial charge is 0.472 e. The van der Waals surface area contributed by atoms with E-state index in [1.165, 1.54) is 0 Å². The average Bonchev–Trinajstić information content (AvgIpc) is 2.20. The maximum absolute atomic E-state index is 11.5. The van der Waals surface area contributed by atoms with Crippen LogP contribution in [0.3, 0.4) is 0 Å². The summed E-state index contributed by atoms with van der Waals surface area (Å²) in [5.41, 5.74) is 0. The van der Waals surface area contributed by atoms with Crippen LogP contribution in [0.5, 0.6) is 0 Å². The van der Waals surface area contributed by atoms with Crippen LogP contribution >= 0.6 is 7.82 Å². The third-order valence-corrected chi connectivity index (χ3v) is 3.44. The van der Waals surface area contributed by atoms with Crippen molar-refractivity contribution in [2.24, 2.45) is 5.92 Å². The van der Waals surface area contributed by atoms with Crippen LogP contribution in [0, 0.1) is 5.92 Å². The maximum Gasteiger partial charge on any atom is 0.472 e. The molecule has 7 heteroatoms. The summed E-state index contributed by atoms with van der Waals surface area (Å²) in [5.74, 6) is -0.103. The third kappa shape index (κ3) is 8.19. The lowest BCUT2D eigenvalue weighted by Gasteiger charge is -2.26. The van der Waals surface area contributed by atoms with E-state index in [4.69, 9.17) is 9.05 Å². The van der Waals surface area contributed by atoms with Gasteiger partial charge in [-0.15, -0.1) is 0 Å². The second-order valence-corrected chi connectivity index (χ2v) is 6.41. The molecule has 3 unspecified atom stereocenters. The van der Waals surface area contributed by atoms with Crippen LogP contribution in [0.1, 0.15) is 34.6 Å². The SMILES string of the molecule is CC(C)NC(CO)C(C)COP(=O)(O)OC(C)C. The van der Waals surface area contributed by atoms with Crippen LogP contribution in [-0.2, 0) is 13.6 Å². The highest BCUT2D eigenvalue weighted by atomic mass is 31.2. The summed E-state index contributed by atoms with van der Waals surface area (Å²) < 4.78 is 21.2. The van der Waals surface area contributed by atoms with E-state index in [9.17, 15) is 14.6 Å². The van der Waals surface area contributed by atoms with E-state index in [-0.39, 0.29) is 37.3 Å². The molecule has 0 amide bonds. The van der Waals surface area contributed by atoms with Crippen molar-refractivity contribution in [3.8, 4) is 0 Å². The van der Waals surface area contributed by atoms with E-state index < -0.39 is 7.82 Å². The number of aliphatic hydroxyl groups is 1. The smallest absolute Gasteiger partial charge is 0.395 e. The summed E-state index contributed by atoms with van der Waals surface area (Å²) in [4.78, 5) is 9.40. The first-order chi connectivity index (χ1) is 8.18. The summed E-state index contributed by atoms with van der Waals surface area (Å²) in [6.07, 6.45) is -0.376. The van der Waals surface area contributed by atoms with Crippen molar-refractivity contribution >= 4 is 7.82 Å². The van der Waals surface area contributed by atoms with E-state index in [2.05, 4.69) is 5.32 Å². The summed E-state index contributed by atoms with van der Waals surface area (Å²) in [6.45, 7) is 9.09. The van der Waals surface area contributed by atoms with Gasteiger partial charge in [0, 0.05) is 12.1 Å². The molecule has 0 aliphatic carbocycles. The quantitative estimate of drug-likeness (QED) is 0.556. The zero-order valence-corrected chi connectivity index (χ0v) is 12.7. The predicted octanol–water partition coefficient (Wildman–Crippen LogP) is 1.52. The second-order valence-electron chi connectivity index (χ2n) is 5.01. The number of hydrogen-bond donors (Lipinski definition) is 3. The first-order valence-corrected chi connectivity index (χ1v) is 7.70. The maximum atomic E-state index is 11.5. The molecule has 0 saturated heterocycles. The summed E-state index contributed by atoms with van der Waals surface area (Å²) in [6, 6.07) is 0.0431. The Balaban J connectivity index is 4.22. The molecule has 0 fully saturated rings. The molecule has 0 heterocycles. The van der Waals surface area contributed by atoms with E-state index >= 15 is 0 Å². The number of hydrogen-bond acceptors (Lipinski definition) is 5. The van der Waals surface area contributed by atoms with Gasteiger partial charge in [-0.25, -0.2) is 4.57 Å². The van der Waals surface area contributed by atoms with Gasteiger partial charge in [0.05, 0.1) is 19.3 Å². The molecule has 0 bridgehead atoms. The highest BCUT2D eigenvalue weighted by Crippen LogP contribution is 2.44. The third-order valence-electron chi connectivity index (χ3n) is 2.28. The molecule has 0 aromatic carbocycles. The van der Waals surface area contributed by atoms with Gasteiger partial charge in [-0.2, -0.15) is 0 Å². The fourth-order valence-corrected chi connectivity index (χ4v) is 2.47. The predicted molar refractivity (Wildman–Crippen MR) is 70.3 cm³/mol. The lowest BCUT2D eigenvalue weighted by molar-refractivity contribution is 0.0929. The first kappa shape index (κ1) is 18.0. The van der Waals surface area contributed by atoms with Gasteiger partial charge in [-0.05, 0) is 19.8 Å². The zero-order valence-electron chi connectivity index (χ0n) is 11.8. The number of phosphoric ester groups is 1. The van der Waals surface area contributed by atoms with Gasteiger partial charge in [0.1, 0.15) is 0 Å². The van der Waals surface area contributed by atoms with E-state index in [0.29, 0.717) is 0 Å². The van der Waals surface area contributed by atoms with Crippen LogP contribution in [0.15, 0.2) is 0 Å². The van der Waals surface area contributed by atoms with Crippen LogP contribution in [-0.4, -0.2) is 41.4 Å². The van der Waals surface area contributed by atoms with Crippen LogP contribution in [0.25, 0.3) is 0 Å². The molecule has 0 radical (unpaired) electrons. The van der Waals surface area contributed by atoms with Crippen molar-refractivity contribution in [1.82, 2.24) is 5.32 Å². The Kier molecular flexibility index (Phi) is 8.26. The minimum Gasteiger partial charge on any atom is -0.395 e.